The van der Waals surface area contributed by atoms with E-state index in [1.54, 1.807) is 0 Å². The Balaban J connectivity index is 2.13. The Bertz CT molecular complexity index is 474. The van der Waals surface area contributed by atoms with Crippen molar-refractivity contribution in [2.24, 2.45) is 11.8 Å². The molecule has 2 aliphatic carbocycles. The number of allylic oxidation sites excluding steroid dienone is 1. The van der Waals surface area contributed by atoms with Crippen LogP contribution in [0.15, 0.2) is 41.5 Å². The van der Waals surface area contributed by atoms with Crippen LogP contribution in [0.3, 0.4) is 0 Å². The van der Waals surface area contributed by atoms with E-state index in [0.29, 0.717) is 11.8 Å². The van der Waals surface area contributed by atoms with Gasteiger partial charge in [-0.25, -0.2) is 0 Å². The lowest BCUT2D eigenvalue weighted by molar-refractivity contribution is 0.292. The maximum Gasteiger partial charge on any atom is 0.0647 e. The van der Waals surface area contributed by atoms with E-state index in [1.165, 1.54) is 36.0 Å². The quantitative estimate of drug-likeness (QED) is 0.784. The lowest BCUT2D eigenvalue weighted by Gasteiger charge is -2.34. The first-order chi connectivity index (χ1) is 8.69. The molecule has 0 spiro atoms. The molecule has 0 aromatic heterocycles. The zero-order valence-electron chi connectivity index (χ0n) is 11.3. The Morgan fingerprint density at radius 1 is 1.22 bits per heavy atom. The van der Waals surface area contributed by atoms with Crippen molar-refractivity contribution in [3.05, 3.63) is 47.0 Å². The molecule has 1 heteroatoms. The van der Waals surface area contributed by atoms with E-state index in [4.69, 9.17) is 0 Å². The summed E-state index contributed by atoms with van der Waals surface area (Å²) in [6.07, 6.45) is 3.88. The highest BCUT2D eigenvalue weighted by Crippen LogP contribution is 2.58. The third-order valence-electron chi connectivity index (χ3n) is 5.51. The second-order valence-electron chi connectivity index (χ2n) is 6.02. The summed E-state index contributed by atoms with van der Waals surface area (Å²) in [6, 6.07) is 10.8. The Labute approximate surface area is 110 Å². The Hall–Kier alpha value is -1.08. The van der Waals surface area contributed by atoms with Gasteiger partial charge in [0.2, 0.25) is 0 Å². The Kier molecular flexibility index (Phi) is 2.82. The van der Waals surface area contributed by atoms with E-state index < -0.39 is 0 Å². The van der Waals surface area contributed by atoms with Gasteiger partial charge < -0.3 is 5.11 Å². The van der Waals surface area contributed by atoms with Crippen molar-refractivity contribution in [2.75, 3.05) is 6.61 Å². The second-order valence-corrected chi connectivity index (χ2v) is 6.02. The first kappa shape index (κ1) is 12.0. The zero-order valence-corrected chi connectivity index (χ0v) is 11.3. The monoisotopic (exact) mass is 242 g/mol. The summed E-state index contributed by atoms with van der Waals surface area (Å²) in [7, 11) is 0. The minimum atomic E-state index is 0.139. The number of benzene rings is 1. The number of aliphatic hydroxyl groups is 1. The predicted octanol–water partition coefficient (Wildman–Crippen LogP) is 3.68. The predicted molar refractivity (Wildman–Crippen MR) is 74.4 cm³/mol. The van der Waals surface area contributed by atoms with Crippen molar-refractivity contribution in [1.29, 1.82) is 0 Å². The molecule has 2 aliphatic rings. The fourth-order valence-corrected chi connectivity index (χ4v) is 4.41. The smallest absolute Gasteiger partial charge is 0.0647 e. The third-order valence-corrected chi connectivity index (χ3v) is 5.51. The molecule has 3 atom stereocenters. The third kappa shape index (κ3) is 1.43. The fraction of sp³-hybridized carbons (Fsp3) is 0.529. The summed E-state index contributed by atoms with van der Waals surface area (Å²) in [6.45, 7) is 4.86. The zero-order chi connectivity index (χ0) is 12.8. The standard InChI is InChI=1S/C17H22O/c1-12-15(11-18)14-9-6-10-16(14)17(12,2)13-7-4-3-5-8-13/h3-5,7-8,14,16,18H,6,9-11H2,1-2H3/t14-,16-,17-/m1/s1. The average molecular weight is 242 g/mol. The van der Waals surface area contributed by atoms with E-state index in [1.807, 2.05) is 0 Å². The molecule has 0 radical (unpaired) electrons. The summed E-state index contributed by atoms with van der Waals surface area (Å²) in [5.41, 5.74) is 4.30. The van der Waals surface area contributed by atoms with Gasteiger partial charge in [-0.05, 0) is 42.7 Å². The molecule has 0 saturated heterocycles. The molecule has 0 bridgehead atoms. The van der Waals surface area contributed by atoms with Crippen LogP contribution in [0.2, 0.25) is 0 Å². The topological polar surface area (TPSA) is 20.2 Å². The van der Waals surface area contributed by atoms with Crippen molar-refractivity contribution in [3.8, 4) is 0 Å². The van der Waals surface area contributed by atoms with Crippen molar-refractivity contribution in [2.45, 2.75) is 38.5 Å². The van der Waals surface area contributed by atoms with E-state index in [9.17, 15) is 5.11 Å². The maximum atomic E-state index is 9.70. The van der Waals surface area contributed by atoms with Gasteiger partial charge in [-0.15, -0.1) is 0 Å². The minimum Gasteiger partial charge on any atom is -0.392 e. The number of hydrogen-bond donors (Lipinski definition) is 1. The van der Waals surface area contributed by atoms with Gasteiger partial charge in [-0.1, -0.05) is 49.2 Å². The van der Waals surface area contributed by atoms with Crippen LogP contribution < -0.4 is 0 Å². The normalized spacial score (nSPS) is 35.1. The van der Waals surface area contributed by atoms with Gasteiger partial charge in [0.25, 0.3) is 0 Å². The van der Waals surface area contributed by atoms with Crippen molar-refractivity contribution in [3.63, 3.8) is 0 Å². The summed E-state index contributed by atoms with van der Waals surface area (Å²) in [5.74, 6) is 1.32. The molecule has 1 aromatic rings. The first-order valence-electron chi connectivity index (χ1n) is 7.06. The molecule has 96 valence electrons. The van der Waals surface area contributed by atoms with E-state index in [0.717, 1.165) is 0 Å². The number of fused-ring (bicyclic) bond motifs is 1. The van der Waals surface area contributed by atoms with Gasteiger partial charge in [0.15, 0.2) is 0 Å². The van der Waals surface area contributed by atoms with Gasteiger partial charge in [0.1, 0.15) is 0 Å². The summed E-state index contributed by atoms with van der Waals surface area (Å²) in [4.78, 5) is 0. The molecular weight excluding hydrogens is 220 g/mol. The van der Waals surface area contributed by atoms with Gasteiger partial charge >= 0.3 is 0 Å². The molecule has 3 rings (SSSR count). The molecule has 0 unspecified atom stereocenters. The maximum absolute atomic E-state index is 9.70. The number of rotatable bonds is 2. The molecular formula is C17H22O. The van der Waals surface area contributed by atoms with Crippen molar-refractivity contribution < 1.29 is 5.11 Å². The number of hydrogen-bond acceptors (Lipinski definition) is 1. The summed E-state index contributed by atoms with van der Waals surface area (Å²) in [5, 5.41) is 9.70. The highest BCUT2D eigenvalue weighted by atomic mass is 16.3. The lowest BCUT2D eigenvalue weighted by Crippen LogP contribution is -2.30. The van der Waals surface area contributed by atoms with Gasteiger partial charge in [0.05, 0.1) is 6.61 Å². The average Bonchev–Trinajstić information content (AvgIpc) is 2.95. The summed E-state index contributed by atoms with van der Waals surface area (Å²) >= 11 is 0. The van der Waals surface area contributed by atoms with E-state index >= 15 is 0 Å². The second kappa shape index (κ2) is 4.24. The highest BCUT2D eigenvalue weighted by molar-refractivity contribution is 5.45. The molecule has 18 heavy (non-hydrogen) atoms. The van der Waals surface area contributed by atoms with E-state index in [2.05, 4.69) is 44.2 Å². The Morgan fingerprint density at radius 2 is 1.94 bits per heavy atom. The molecule has 1 saturated carbocycles. The molecule has 1 aromatic carbocycles. The van der Waals surface area contributed by atoms with Gasteiger partial charge in [0, 0.05) is 5.41 Å². The molecule has 0 heterocycles. The number of aliphatic hydroxyl groups excluding tert-OH is 1. The SMILES string of the molecule is CC1=C(CO)[C@H]2CCC[C@H]2[C@@]1(C)c1ccccc1. The van der Waals surface area contributed by atoms with Crippen LogP contribution >= 0.6 is 0 Å². The highest BCUT2D eigenvalue weighted by Gasteiger charge is 2.51. The van der Waals surface area contributed by atoms with Crippen LogP contribution in [-0.2, 0) is 5.41 Å². The minimum absolute atomic E-state index is 0.139. The van der Waals surface area contributed by atoms with Crippen LogP contribution in [0.4, 0.5) is 0 Å². The van der Waals surface area contributed by atoms with Crippen molar-refractivity contribution >= 4 is 0 Å². The largest absolute Gasteiger partial charge is 0.392 e. The molecule has 0 amide bonds. The molecule has 1 N–H and O–H groups in total. The fourth-order valence-electron chi connectivity index (χ4n) is 4.41. The summed E-state index contributed by atoms with van der Waals surface area (Å²) < 4.78 is 0. The van der Waals surface area contributed by atoms with Crippen LogP contribution in [0.1, 0.15) is 38.7 Å². The van der Waals surface area contributed by atoms with Gasteiger partial charge in [-0.3, -0.25) is 0 Å². The van der Waals surface area contributed by atoms with E-state index in [-0.39, 0.29) is 12.0 Å². The lowest BCUT2D eigenvalue weighted by atomic mass is 9.69. The molecule has 1 fully saturated rings. The van der Waals surface area contributed by atoms with Crippen LogP contribution in [0.5, 0.6) is 0 Å². The Morgan fingerprint density at radius 3 is 2.61 bits per heavy atom. The van der Waals surface area contributed by atoms with Gasteiger partial charge in [-0.2, -0.15) is 0 Å². The molecule has 1 nitrogen and oxygen atoms in total. The van der Waals surface area contributed by atoms with Crippen LogP contribution in [0.25, 0.3) is 0 Å². The van der Waals surface area contributed by atoms with Crippen LogP contribution in [-0.4, -0.2) is 11.7 Å². The molecule has 0 aliphatic heterocycles. The van der Waals surface area contributed by atoms with Crippen LogP contribution in [0, 0.1) is 11.8 Å². The first-order valence-corrected chi connectivity index (χ1v) is 7.06. The van der Waals surface area contributed by atoms with Crippen molar-refractivity contribution in [1.82, 2.24) is 0 Å².